The first-order valence-corrected chi connectivity index (χ1v) is 8.36. The number of carboxylic acids is 1. The number of carbonyl (C=O) groups is 3. The second kappa shape index (κ2) is 7.86. The van der Waals surface area contributed by atoms with Gasteiger partial charge in [-0.1, -0.05) is 0 Å². The summed E-state index contributed by atoms with van der Waals surface area (Å²) in [5.41, 5.74) is 3.41. The molecule has 1 unspecified atom stereocenters. The topological polar surface area (TPSA) is 100 Å². The molecule has 0 aliphatic heterocycles. The number of rotatable bonds is 6. The highest BCUT2D eigenvalue weighted by Gasteiger charge is 2.17. The van der Waals surface area contributed by atoms with Crippen molar-refractivity contribution in [2.75, 3.05) is 5.32 Å². The maximum atomic E-state index is 12.5. The number of aromatic nitrogens is 1. The number of nitrogens with one attached hydrogen (secondary N) is 2. The van der Waals surface area contributed by atoms with Gasteiger partial charge in [0.15, 0.2) is 0 Å². The lowest BCUT2D eigenvalue weighted by atomic mass is 10.1. The van der Waals surface area contributed by atoms with E-state index in [2.05, 4.69) is 15.2 Å². The van der Waals surface area contributed by atoms with Crippen molar-refractivity contribution in [1.29, 1.82) is 0 Å². The van der Waals surface area contributed by atoms with Crippen LogP contribution in [-0.4, -0.2) is 33.5 Å². The van der Waals surface area contributed by atoms with Crippen molar-refractivity contribution in [2.45, 2.75) is 40.3 Å². The number of hydrogen-bond donors (Lipinski definition) is 3. The molecular weight excluding hydrogens is 334 g/mol. The quantitative estimate of drug-likeness (QED) is 0.740. The Hall–Kier alpha value is -3.09. The maximum absolute atomic E-state index is 12.5. The van der Waals surface area contributed by atoms with Crippen LogP contribution in [0.2, 0.25) is 0 Å². The molecule has 2 rings (SSSR count). The van der Waals surface area contributed by atoms with Crippen molar-refractivity contribution in [1.82, 2.24) is 9.88 Å². The van der Waals surface area contributed by atoms with Crippen LogP contribution in [0.5, 0.6) is 0 Å². The first-order valence-electron chi connectivity index (χ1n) is 8.36. The summed E-state index contributed by atoms with van der Waals surface area (Å²) in [6.07, 6.45) is 0. The molecule has 26 heavy (non-hydrogen) atoms. The number of amides is 2. The van der Waals surface area contributed by atoms with Crippen molar-refractivity contribution < 1.29 is 19.5 Å². The van der Waals surface area contributed by atoms with Gasteiger partial charge < -0.3 is 20.3 Å². The number of nitrogens with zero attached hydrogens (tertiary/aromatic N) is 1. The highest BCUT2D eigenvalue weighted by Crippen LogP contribution is 2.17. The average Bonchev–Trinajstić information content (AvgIpc) is 2.89. The monoisotopic (exact) mass is 357 g/mol. The molecule has 7 nitrogen and oxygen atoms in total. The summed E-state index contributed by atoms with van der Waals surface area (Å²) < 4.78 is 2.06. The zero-order chi connectivity index (χ0) is 19.4. The van der Waals surface area contributed by atoms with Gasteiger partial charge in [-0.25, -0.2) is 0 Å². The van der Waals surface area contributed by atoms with E-state index in [9.17, 15) is 14.4 Å². The molecule has 0 spiro atoms. The molecule has 1 aromatic heterocycles. The Morgan fingerprint density at radius 1 is 1.12 bits per heavy atom. The lowest BCUT2D eigenvalue weighted by Crippen LogP contribution is -2.38. The van der Waals surface area contributed by atoms with E-state index in [1.165, 1.54) is 19.1 Å². The van der Waals surface area contributed by atoms with Gasteiger partial charge in [0.25, 0.3) is 11.8 Å². The number of hydrogen-bond acceptors (Lipinski definition) is 3. The van der Waals surface area contributed by atoms with Gasteiger partial charge in [-0.2, -0.15) is 0 Å². The van der Waals surface area contributed by atoms with E-state index >= 15 is 0 Å². The molecule has 0 radical (unpaired) electrons. The van der Waals surface area contributed by atoms with E-state index in [0.717, 1.165) is 17.9 Å². The minimum Gasteiger partial charge on any atom is -0.480 e. The predicted molar refractivity (Wildman–Crippen MR) is 98.5 cm³/mol. The van der Waals surface area contributed by atoms with Crippen molar-refractivity contribution in [3.63, 3.8) is 0 Å². The molecule has 0 aliphatic rings. The lowest BCUT2D eigenvalue weighted by molar-refractivity contribution is -0.138. The number of benzene rings is 1. The SMILES string of the molecule is CCn1c(C)cc(C(=O)Nc2ccc(C(=O)NC(C)C(=O)O)cc2)c1C. The Labute approximate surface area is 152 Å². The Balaban J connectivity index is 2.08. The van der Waals surface area contributed by atoms with E-state index in [1.54, 1.807) is 12.1 Å². The molecule has 3 N–H and O–H groups in total. The van der Waals surface area contributed by atoms with Gasteiger partial charge in [0.1, 0.15) is 6.04 Å². The molecule has 2 amide bonds. The van der Waals surface area contributed by atoms with Crippen LogP contribution in [0.4, 0.5) is 5.69 Å². The summed E-state index contributed by atoms with van der Waals surface area (Å²) in [6, 6.07) is 7.16. The molecule has 0 saturated heterocycles. The van der Waals surface area contributed by atoms with Crippen molar-refractivity contribution >= 4 is 23.5 Å². The number of anilines is 1. The third-order valence-corrected chi connectivity index (χ3v) is 4.26. The van der Waals surface area contributed by atoms with Gasteiger partial charge in [-0.15, -0.1) is 0 Å². The normalized spacial score (nSPS) is 11.7. The number of aliphatic carboxylic acids is 1. The number of carboxylic acid groups (broad SMARTS) is 1. The van der Waals surface area contributed by atoms with Crippen LogP contribution >= 0.6 is 0 Å². The lowest BCUT2D eigenvalue weighted by Gasteiger charge is -2.10. The van der Waals surface area contributed by atoms with Gasteiger partial charge in [0.2, 0.25) is 0 Å². The predicted octanol–water partition coefficient (Wildman–Crippen LogP) is 2.58. The van der Waals surface area contributed by atoms with Crippen LogP contribution in [0.3, 0.4) is 0 Å². The second-order valence-electron chi connectivity index (χ2n) is 6.09. The van der Waals surface area contributed by atoms with Gasteiger partial charge in [-0.05, 0) is 58.0 Å². The van der Waals surface area contributed by atoms with E-state index in [1.807, 2.05) is 26.8 Å². The van der Waals surface area contributed by atoms with Crippen LogP contribution in [-0.2, 0) is 11.3 Å². The minimum atomic E-state index is -1.10. The molecule has 1 heterocycles. The fourth-order valence-corrected chi connectivity index (χ4v) is 2.76. The summed E-state index contributed by atoms with van der Waals surface area (Å²) in [6.45, 7) is 8.07. The molecule has 0 bridgehead atoms. The van der Waals surface area contributed by atoms with Crippen LogP contribution in [0.1, 0.15) is 46.0 Å². The Morgan fingerprint density at radius 3 is 2.23 bits per heavy atom. The summed E-state index contributed by atoms with van der Waals surface area (Å²) in [5, 5.41) is 14.0. The molecular formula is C19H23N3O4. The zero-order valence-corrected chi connectivity index (χ0v) is 15.3. The van der Waals surface area contributed by atoms with E-state index in [-0.39, 0.29) is 5.91 Å². The Kier molecular flexibility index (Phi) is 5.82. The highest BCUT2D eigenvalue weighted by atomic mass is 16.4. The molecule has 0 saturated carbocycles. The van der Waals surface area contributed by atoms with Crippen molar-refractivity contribution in [2.24, 2.45) is 0 Å². The van der Waals surface area contributed by atoms with Gasteiger partial charge in [-0.3, -0.25) is 14.4 Å². The molecule has 2 aromatic rings. The molecule has 138 valence electrons. The van der Waals surface area contributed by atoms with E-state index in [0.29, 0.717) is 16.8 Å². The number of aryl methyl sites for hydroxylation is 1. The number of carbonyl (C=O) groups excluding carboxylic acids is 2. The third kappa shape index (κ3) is 4.11. The second-order valence-corrected chi connectivity index (χ2v) is 6.09. The first-order chi connectivity index (χ1) is 12.2. The van der Waals surface area contributed by atoms with Crippen LogP contribution < -0.4 is 10.6 Å². The molecule has 0 fully saturated rings. The standard InChI is InChI=1S/C19H23N3O4/c1-5-22-11(2)10-16(13(22)4)18(24)21-15-8-6-14(7-9-15)17(23)20-12(3)19(25)26/h6-10,12H,5H2,1-4H3,(H,20,23)(H,21,24)(H,25,26). The fourth-order valence-electron chi connectivity index (χ4n) is 2.76. The van der Waals surface area contributed by atoms with Gasteiger partial charge in [0.05, 0.1) is 5.56 Å². The third-order valence-electron chi connectivity index (χ3n) is 4.26. The summed E-state index contributed by atoms with van der Waals surface area (Å²) in [5.74, 6) is -1.80. The molecule has 7 heteroatoms. The summed E-state index contributed by atoms with van der Waals surface area (Å²) >= 11 is 0. The minimum absolute atomic E-state index is 0.213. The van der Waals surface area contributed by atoms with Gasteiger partial charge >= 0.3 is 5.97 Å². The molecule has 1 atom stereocenters. The largest absolute Gasteiger partial charge is 0.480 e. The Morgan fingerprint density at radius 2 is 1.73 bits per heavy atom. The highest BCUT2D eigenvalue weighted by molar-refractivity contribution is 6.05. The zero-order valence-electron chi connectivity index (χ0n) is 15.3. The Bertz CT molecular complexity index is 837. The molecule has 0 aliphatic carbocycles. The van der Waals surface area contributed by atoms with E-state index in [4.69, 9.17) is 5.11 Å². The van der Waals surface area contributed by atoms with Crippen molar-refractivity contribution in [3.8, 4) is 0 Å². The van der Waals surface area contributed by atoms with Crippen molar-refractivity contribution in [3.05, 3.63) is 52.8 Å². The average molecular weight is 357 g/mol. The summed E-state index contributed by atoms with van der Waals surface area (Å²) in [7, 11) is 0. The van der Waals surface area contributed by atoms with Gasteiger partial charge in [0, 0.05) is 29.2 Å². The van der Waals surface area contributed by atoms with Crippen LogP contribution in [0.15, 0.2) is 30.3 Å². The van der Waals surface area contributed by atoms with Crippen LogP contribution in [0.25, 0.3) is 0 Å². The summed E-state index contributed by atoms with van der Waals surface area (Å²) in [4.78, 5) is 35.2. The molecule has 1 aromatic carbocycles. The van der Waals surface area contributed by atoms with Crippen LogP contribution in [0, 0.1) is 13.8 Å². The van der Waals surface area contributed by atoms with E-state index < -0.39 is 17.9 Å². The smallest absolute Gasteiger partial charge is 0.325 e. The maximum Gasteiger partial charge on any atom is 0.325 e. The fraction of sp³-hybridized carbons (Fsp3) is 0.316. The first kappa shape index (κ1) is 19.2.